The molecule has 4 nitrogen and oxygen atoms in total. The van der Waals surface area contributed by atoms with Crippen molar-refractivity contribution in [3.63, 3.8) is 0 Å². The van der Waals surface area contributed by atoms with Gasteiger partial charge in [0.25, 0.3) is 0 Å². The number of methoxy groups -OCH3 is 2. The molecule has 0 unspecified atom stereocenters. The van der Waals surface area contributed by atoms with Gasteiger partial charge >= 0.3 is 0 Å². The van der Waals surface area contributed by atoms with Gasteiger partial charge in [0.2, 0.25) is 0 Å². The third kappa shape index (κ3) is 4.18. The van der Waals surface area contributed by atoms with E-state index in [9.17, 15) is 0 Å². The highest BCUT2D eigenvalue weighted by Gasteiger charge is 2.18. The molecule has 4 rings (SSSR count). The van der Waals surface area contributed by atoms with E-state index in [0.29, 0.717) is 6.61 Å². The van der Waals surface area contributed by atoms with Crippen LogP contribution >= 0.6 is 0 Å². The van der Waals surface area contributed by atoms with E-state index >= 15 is 0 Å². The van der Waals surface area contributed by atoms with Crippen LogP contribution in [0.15, 0.2) is 65.7 Å². The van der Waals surface area contributed by atoms with Gasteiger partial charge in [-0.15, -0.1) is 0 Å². The lowest BCUT2D eigenvalue weighted by atomic mass is 9.92. The van der Waals surface area contributed by atoms with E-state index < -0.39 is 0 Å². The first-order chi connectivity index (χ1) is 14.7. The fraction of sp³-hybridized carbons (Fsp3) is 0.269. The maximum absolute atomic E-state index is 6.05. The van der Waals surface area contributed by atoms with Crippen LogP contribution in [0.3, 0.4) is 0 Å². The Bertz CT molecular complexity index is 1060. The monoisotopic (exact) mass is 401 g/mol. The molecule has 0 saturated heterocycles. The molecule has 0 atom stereocenters. The van der Waals surface area contributed by atoms with Gasteiger partial charge < -0.3 is 14.2 Å². The van der Waals surface area contributed by atoms with Gasteiger partial charge in [-0.1, -0.05) is 36.4 Å². The standard InChI is InChI=1S/C26H27NO3/c1-18-20(16-24-23-11-10-22(28-2)15-21(23)13-14-27-24)9-12-25(26(18)29-3)30-17-19-7-5-4-6-8-19/h4-12,15H,13-14,16-17H2,1-3H3. The predicted octanol–water partition coefficient (Wildman–Crippen LogP) is 5.18. The molecule has 1 aliphatic heterocycles. The maximum atomic E-state index is 6.05. The second-order valence-corrected chi connectivity index (χ2v) is 7.43. The van der Waals surface area contributed by atoms with Crippen molar-refractivity contribution in [2.75, 3.05) is 20.8 Å². The molecular weight excluding hydrogens is 374 g/mol. The van der Waals surface area contributed by atoms with Crippen LogP contribution in [-0.2, 0) is 19.4 Å². The fourth-order valence-corrected chi connectivity index (χ4v) is 3.92. The Morgan fingerprint density at radius 2 is 1.77 bits per heavy atom. The molecule has 0 radical (unpaired) electrons. The molecule has 0 bridgehead atoms. The van der Waals surface area contributed by atoms with Crippen LogP contribution < -0.4 is 14.2 Å². The minimum absolute atomic E-state index is 0.512. The Kier molecular flexibility index (Phi) is 6.03. The molecule has 0 amide bonds. The third-order valence-corrected chi connectivity index (χ3v) is 5.59. The molecule has 1 aliphatic rings. The molecule has 1 heterocycles. The van der Waals surface area contributed by atoms with Gasteiger partial charge in [-0.05, 0) is 65.4 Å². The van der Waals surface area contributed by atoms with E-state index in [1.165, 1.54) is 16.7 Å². The Labute approximate surface area is 178 Å². The molecule has 0 spiro atoms. The highest BCUT2D eigenvalue weighted by molar-refractivity contribution is 6.04. The summed E-state index contributed by atoms with van der Waals surface area (Å²) in [5, 5.41) is 0. The summed E-state index contributed by atoms with van der Waals surface area (Å²) < 4.78 is 17.1. The number of hydrogen-bond acceptors (Lipinski definition) is 4. The van der Waals surface area contributed by atoms with Gasteiger partial charge in [0, 0.05) is 18.7 Å². The Morgan fingerprint density at radius 1 is 0.933 bits per heavy atom. The van der Waals surface area contributed by atoms with E-state index in [4.69, 9.17) is 19.2 Å². The third-order valence-electron chi connectivity index (χ3n) is 5.59. The zero-order valence-electron chi connectivity index (χ0n) is 17.8. The van der Waals surface area contributed by atoms with Crippen molar-refractivity contribution in [3.8, 4) is 17.2 Å². The first kappa shape index (κ1) is 20.0. The van der Waals surface area contributed by atoms with Crippen LogP contribution in [0.4, 0.5) is 0 Å². The SMILES string of the molecule is COc1ccc2c(c1)CCN=C2Cc1ccc(OCc2ccccc2)c(OC)c1C. The predicted molar refractivity (Wildman–Crippen MR) is 120 cm³/mol. The lowest BCUT2D eigenvalue weighted by Gasteiger charge is -2.20. The van der Waals surface area contributed by atoms with Crippen LogP contribution in [0.25, 0.3) is 0 Å². The van der Waals surface area contributed by atoms with Gasteiger partial charge in [0.1, 0.15) is 12.4 Å². The molecule has 30 heavy (non-hydrogen) atoms. The molecular formula is C26H27NO3. The van der Waals surface area contributed by atoms with Gasteiger partial charge in [-0.2, -0.15) is 0 Å². The first-order valence-corrected chi connectivity index (χ1v) is 10.2. The van der Waals surface area contributed by atoms with Crippen molar-refractivity contribution in [2.45, 2.75) is 26.4 Å². The van der Waals surface area contributed by atoms with Crippen molar-refractivity contribution in [1.82, 2.24) is 0 Å². The van der Waals surface area contributed by atoms with E-state index in [2.05, 4.69) is 37.3 Å². The number of hydrogen-bond donors (Lipinski definition) is 0. The van der Waals surface area contributed by atoms with Crippen molar-refractivity contribution >= 4 is 5.71 Å². The number of ether oxygens (including phenoxy) is 3. The summed E-state index contributed by atoms with van der Waals surface area (Å²) in [7, 11) is 3.40. The molecule has 3 aromatic carbocycles. The topological polar surface area (TPSA) is 40.0 Å². The van der Waals surface area contributed by atoms with Gasteiger partial charge in [0.15, 0.2) is 11.5 Å². The van der Waals surface area contributed by atoms with Gasteiger partial charge in [-0.25, -0.2) is 0 Å². The maximum Gasteiger partial charge on any atom is 0.163 e. The zero-order chi connectivity index (χ0) is 20.9. The highest BCUT2D eigenvalue weighted by atomic mass is 16.5. The highest BCUT2D eigenvalue weighted by Crippen LogP contribution is 2.35. The largest absolute Gasteiger partial charge is 0.497 e. The van der Waals surface area contributed by atoms with E-state index in [-0.39, 0.29) is 0 Å². The molecule has 4 heteroatoms. The fourth-order valence-electron chi connectivity index (χ4n) is 3.92. The number of nitrogens with zero attached hydrogens (tertiary/aromatic N) is 1. The molecule has 0 aliphatic carbocycles. The van der Waals surface area contributed by atoms with Crippen LogP contribution in [0.1, 0.15) is 27.8 Å². The summed E-state index contributed by atoms with van der Waals surface area (Å²) in [6.07, 6.45) is 1.71. The summed E-state index contributed by atoms with van der Waals surface area (Å²) in [5.41, 5.74) is 7.04. The molecule has 0 N–H and O–H groups in total. The Morgan fingerprint density at radius 3 is 2.53 bits per heavy atom. The summed E-state index contributed by atoms with van der Waals surface area (Å²) in [5.74, 6) is 2.45. The number of aliphatic imine (C=N–C) groups is 1. The average molecular weight is 402 g/mol. The quantitative estimate of drug-likeness (QED) is 0.548. The second-order valence-electron chi connectivity index (χ2n) is 7.43. The van der Waals surface area contributed by atoms with Crippen LogP contribution in [-0.4, -0.2) is 26.5 Å². The smallest absolute Gasteiger partial charge is 0.163 e. The molecule has 3 aromatic rings. The van der Waals surface area contributed by atoms with Crippen LogP contribution in [0.5, 0.6) is 17.2 Å². The summed E-state index contributed by atoms with van der Waals surface area (Å²) in [4.78, 5) is 4.82. The Balaban J connectivity index is 1.56. The second kappa shape index (κ2) is 9.04. The molecule has 0 saturated carbocycles. The summed E-state index contributed by atoms with van der Waals surface area (Å²) in [6.45, 7) is 3.41. The molecule has 0 fully saturated rings. The minimum atomic E-state index is 0.512. The van der Waals surface area contributed by atoms with E-state index in [1.54, 1.807) is 14.2 Å². The van der Waals surface area contributed by atoms with Crippen molar-refractivity contribution in [2.24, 2.45) is 4.99 Å². The molecule has 154 valence electrons. The number of fused-ring (bicyclic) bond motifs is 1. The first-order valence-electron chi connectivity index (χ1n) is 10.2. The average Bonchev–Trinajstić information content (AvgIpc) is 2.79. The molecule has 0 aromatic heterocycles. The minimum Gasteiger partial charge on any atom is -0.497 e. The summed E-state index contributed by atoms with van der Waals surface area (Å²) in [6, 6.07) is 20.5. The number of rotatable bonds is 7. The Hall–Kier alpha value is -3.27. The summed E-state index contributed by atoms with van der Waals surface area (Å²) >= 11 is 0. The van der Waals surface area contributed by atoms with E-state index in [1.807, 2.05) is 30.3 Å². The van der Waals surface area contributed by atoms with Crippen molar-refractivity contribution < 1.29 is 14.2 Å². The normalized spacial score (nSPS) is 12.7. The van der Waals surface area contributed by atoms with Crippen LogP contribution in [0, 0.1) is 6.92 Å². The lowest BCUT2D eigenvalue weighted by molar-refractivity contribution is 0.283. The van der Waals surface area contributed by atoms with Gasteiger partial charge in [-0.3, -0.25) is 4.99 Å². The zero-order valence-corrected chi connectivity index (χ0v) is 17.8. The lowest BCUT2D eigenvalue weighted by Crippen LogP contribution is -2.16. The van der Waals surface area contributed by atoms with Crippen molar-refractivity contribution in [3.05, 3.63) is 88.5 Å². The van der Waals surface area contributed by atoms with E-state index in [0.717, 1.165) is 53.5 Å². The van der Waals surface area contributed by atoms with Gasteiger partial charge in [0.05, 0.1) is 14.2 Å². The van der Waals surface area contributed by atoms with Crippen molar-refractivity contribution in [1.29, 1.82) is 0 Å². The number of benzene rings is 3. The van der Waals surface area contributed by atoms with Crippen LogP contribution in [0.2, 0.25) is 0 Å².